The Bertz CT molecular complexity index is 794. The second kappa shape index (κ2) is 7.96. The first kappa shape index (κ1) is 19.2. The fraction of sp³-hybridized carbons (Fsp3) is 0.368. The summed E-state index contributed by atoms with van der Waals surface area (Å²) in [6.07, 6.45) is -0.581. The van der Waals surface area contributed by atoms with Gasteiger partial charge >= 0.3 is 6.18 Å². The van der Waals surface area contributed by atoms with Gasteiger partial charge < -0.3 is 15.7 Å². The van der Waals surface area contributed by atoms with Crippen LogP contribution < -0.4 is 10.6 Å². The van der Waals surface area contributed by atoms with Gasteiger partial charge in [0, 0.05) is 24.3 Å². The van der Waals surface area contributed by atoms with Crippen molar-refractivity contribution in [2.45, 2.75) is 31.5 Å². The Hall–Kier alpha value is -2.61. The first-order valence-corrected chi connectivity index (χ1v) is 8.70. The number of amides is 1. The van der Waals surface area contributed by atoms with Gasteiger partial charge in [-0.15, -0.1) is 0 Å². The molecule has 1 aromatic carbocycles. The van der Waals surface area contributed by atoms with E-state index in [1.807, 2.05) is 0 Å². The average Bonchev–Trinajstić information content (AvgIpc) is 3.05. The normalized spacial score (nSPS) is 19.7. The summed E-state index contributed by atoms with van der Waals surface area (Å²) in [6, 6.07) is 7.44. The molecule has 27 heavy (non-hydrogen) atoms. The summed E-state index contributed by atoms with van der Waals surface area (Å²) in [5.41, 5.74) is -0.238. The third kappa shape index (κ3) is 4.77. The number of benzene rings is 1. The number of anilines is 2. The lowest BCUT2D eigenvalue weighted by Crippen LogP contribution is -2.24. The van der Waals surface area contributed by atoms with Crippen LogP contribution in [-0.2, 0) is 6.18 Å². The molecule has 1 fully saturated rings. The Morgan fingerprint density at radius 2 is 1.93 bits per heavy atom. The van der Waals surface area contributed by atoms with E-state index < -0.39 is 17.6 Å². The quantitative estimate of drug-likeness (QED) is 0.736. The second-order valence-corrected chi connectivity index (χ2v) is 6.57. The van der Waals surface area contributed by atoms with Gasteiger partial charge in [0.05, 0.1) is 17.2 Å². The standard InChI is InChI=1S/C19H20F3N3O2/c20-19(21,22)13-6-8-14(9-7-13)25-18(27)15-4-2-10-23-17(15)24-11-12-3-1-5-16(12)26/h2,4,6-10,12,16,26H,1,3,5,11H2,(H,23,24)(H,25,27)/t12-,16+/m0/s1. The van der Waals surface area contributed by atoms with E-state index >= 15 is 0 Å². The van der Waals surface area contributed by atoms with Gasteiger partial charge in [-0.1, -0.05) is 6.42 Å². The van der Waals surface area contributed by atoms with Crippen molar-refractivity contribution in [1.82, 2.24) is 4.98 Å². The van der Waals surface area contributed by atoms with Gasteiger partial charge in [0.1, 0.15) is 5.82 Å². The van der Waals surface area contributed by atoms with Crippen LogP contribution >= 0.6 is 0 Å². The average molecular weight is 379 g/mol. The molecule has 2 aromatic rings. The van der Waals surface area contributed by atoms with Crippen LogP contribution in [0.3, 0.4) is 0 Å². The summed E-state index contributed by atoms with van der Waals surface area (Å²) in [5, 5.41) is 15.6. The number of alkyl halides is 3. The lowest BCUT2D eigenvalue weighted by atomic mass is 10.1. The van der Waals surface area contributed by atoms with Crippen LogP contribution in [0.5, 0.6) is 0 Å². The molecule has 3 rings (SSSR count). The number of carbonyl (C=O) groups is 1. The lowest BCUT2D eigenvalue weighted by Gasteiger charge is -2.17. The van der Waals surface area contributed by atoms with Gasteiger partial charge in [-0.3, -0.25) is 4.79 Å². The summed E-state index contributed by atoms with van der Waals surface area (Å²) in [4.78, 5) is 16.7. The van der Waals surface area contributed by atoms with Crippen molar-refractivity contribution in [3.8, 4) is 0 Å². The van der Waals surface area contributed by atoms with Crippen LogP contribution in [-0.4, -0.2) is 28.6 Å². The molecule has 0 radical (unpaired) electrons. The highest BCUT2D eigenvalue weighted by molar-refractivity contribution is 6.07. The molecule has 5 nitrogen and oxygen atoms in total. The number of aromatic nitrogens is 1. The number of aliphatic hydroxyl groups is 1. The predicted molar refractivity (Wildman–Crippen MR) is 95.5 cm³/mol. The zero-order valence-electron chi connectivity index (χ0n) is 14.5. The number of hydrogen-bond acceptors (Lipinski definition) is 4. The Balaban J connectivity index is 1.67. The monoisotopic (exact) mass is 379 g/mol. The van der Waals surface area contributed by atoms with E-state index in [1.165, 1.54) is 12.1 Å². The van der Waals surface area contributed by atoms with E-state index in [4.69, 9.17) is 0 Å². The minimum atomic E-state index is -4.42. The summed E-state index contributed by atoms with van der Waals surface area (Å²) in [7, 11) is 0. The summed E-state index contributed by atoms with van der Waals surface area (Å²) in [6.45, 7) is 0.499. The Morgan fingerprint density at radius 3 is 2.56 bits per heavy atom. The molecular weight excluding hydrogens is 359 g/mol. The third-order valence-electron chi connectivity index (χ3n) is 4.67. The fourth-order valence-corrected chi connectivity index (χ4v) is 3.15. The summed E-state index contributed by atoms with van der Waals surface area (Å²) < 4.78 is 37.9. The number of halogens is 3. The number of nitrogens with one attached hydrogen (secondary N) is 2. The minimum Gasteiger partial charge on any atom is -0.393 e. The molecule has 1 aliphatic carbocycles. The molecule has 8 heteroatoms. The van der Waals surface area contributed by atoms with Crippen molar-refractivity contribution >= 4 is 17.4 Å². The highest BCUT2D eigenvalue weighted by Gasteiger charge is 2.30. The van der Waals surface area contributed by atoms with Gasteiger partial charge in [-0.25, -0.2) is 4.98 Å². The van der Waals surface area contributed by atoms with Crippen molar-refractivity contribution in [3.63, 3.8) is 0 Å². The predicted octanol–water partition coefficient (Wildman–Crippen LogP) is 3.93. The van der Waals surface area contributed by atoms with E-state index in [-0.39, 0.29) is 23.3 Å². The van der Waals surface area contributed by atoms with Gasteiger partial charge in [0.2, 0.25) is 0 Å². The molecule has 1 aliphatic rings. The first-order chi connectivity index (χ1) is 12.8. The highest BCUT2D eigenvalue weighted by Crippen LogP contribution is 2.30. The van der Waals surface area contributed by atoms with Crippen molar-refractivity contribution in [2.24, 2.45) is 5.92 Å². The SMILES string of the molecule is O=C(Nc1ccc(C(F)(F)F)cc1)c1cccnc1NC[C@@H]1CCC[C@H]1O. The molecular formula is C19H20F3N3O2. The number of rotatable bonds is 5. The zero-order chi connectivity index (χ0) is 19.4. The number of nitrogens with zero attached hydrogens (tertiary/aromatic N) is 1. The van der Waals surface area contributed by atoms with E-state index in [0.717, 1.165) is 31.4 Å². The Morgan fingerprint density at radius 1 is 1.19 bits per heavy atom. The first-order valence-electron chi connectivity index (χ1n) is 8.70. The molecule has 1 saturated carbocycles. The van der Waals surface area contributed by atoms with E-state index in [1.54, 1.807) is 18.3 Å². The second-order valence-electron chi connectivity index (χ2n) is 6.57. The van der Waals surface area contributed by atoms with Crippen molar-refractivity contribution in [2.75, 3.05) is 17.2 Å². The molecule has 2 atom stereocenters. The fourth-order valence-electron chi connectivity index (χ4n) is 3.15. The summed E-state index contributed by atoms with van der Waals surface area (Å²) >= 11 is 0. The van der Waals surface area contributed by atoms with E-state index in [0.29, 0.717) is 12.4 Å². The van der Waals surface area contributed by atoms with Gasteiger partial charge in [0.15, 0.2) is 0 Å². The molecule has 144 valence electrons. The molecule has 0 spiro atoms. The smallest absolute Gasteiger partial charge is 0.393 e. The van der Waals surface area contributed by atoms with Crippen molar-refractivity contribution in [3.05, 3.63) is 53.7 Å². The molecule has 1 amide bonds. The highest BCUT2D eigenvalue weighted by atomic mass is 19.4. The van der Waals surface area contributed by atoms with Gasteiger partial charge in [-0.05, 0) is 49.2 Å². The molecule has 0 bridgehead atoms. The molecule has 0 unspecified atom stereocenters. The Kier molecular flexibility index (Phi) is 5.65. The lowest BCUT2D eigenvalue weighted by molar-refractivity contribution is -0.137. The minimum absolute atomic E-state index is 0.109. The van der Waals surface area contributed by atoms with E-state index in [2.05, 4.69) is 15.6 Å². The van der Waals surface area contributed by atoms with Gasteiger partial charge in [0.25, 0.3) is 5.91 Å². The van der Waals surface area contributed by atoms with Crippen LogP contribution in [0.2, 0.25) is 0 Å². The third-order valence-corrected chi connectivity index (χ3v) is 4.67. The van der Waals surface area contributed by atoms with Crippen LogP contribution in [0.25, 0.3) is 0 Å². The number of aliphatic hydroxyl groups excluding tert-OH is 1. The topological polar surface area (TPSA) is 74.2 Å². The maximum atomic E-state index is 12.6. The van der Waals surface area contributed by atoms with Crippen LogP contribution in [0.1, 0.15) is 35.2 Å². The molecule has 1 heterocycles. The molecule has 3 N–H and O–H groups in total. The van der Waals surface area contributed by atoms with E-state index in [9.17, 15) is 23.1 Å². The largest absolute Gasteiger partial charge is 0.416 e. The number of carbonyl (C=O) groups excluding carboxylic acids is 1. The number of pyridine rings is 1. The van der Waals surface area contributed by atoms with Crippen LogP contribution in [0.15, 0.2) is 42.6 Å². The Labute approximate surface area is 154 Å². The zero-order valence-corrected chi connectivity index (χ0v) is 14.5. The van der Waals surface area contributed by atoms with Crippen LogP contribution in [0.4, 0.5) is 24.7 Å². The molecule has 0 saturated heterocycles. The van der Waals surface area contributed by atoms with Crippen LogP contribution in [0, 0.1) is 5.92 Å². The van der Waals surface area contributed by atoms with Gasteiger partial charge in [-0.2, -0.15) is 13.2 Å². The number of hydrogen-bond donors (Lipinski definition) is 3. The summed E-state index contributed by atoms with van der Waals surface area (Å²) in [5.74, 6) is 0.0103. The maximum Gasteiger partial charge on any atom is 0.416 e. The van der Waals surface area contributed by atoms with Crippen molar-refractivity contribution in [1.29, 1.82) is 0 Å². The maximum absolute atomic E-state index is 12.6. The van der Waals surface area contributed by atoms with Crippen molar-refractivity contribution < 1.29 is 23.1 Å². The molecule has 0 aliphatic heterocycles. The molecule has 1 aromatic heterocycles.